The Labute approximate surface area is 115 Å². The average molecular weight is 268 g/mol. The first kappa shape index (κ1) is 15.4. The van der Waals surface area contributed by atoms with E-state index < -0.39 is 0 Å². The number of amides is 1. The first-order chi connectivity index (χ1) is 8.56. The largest absolute Gasteiger partial charge is 0.353 e. The quantitative estimate of drug-likeness (QED) is 0.834. The van der Waals surface area contributed by atoms with Gasteiger partial charge < -0.3 is 5.32 Å². The number of nitrogens with one attached hydrogen (secondary N) is 1. The fourth-order valence-corrected chi connectivity index (χ4v) is 3.75. The third kappa shape index (κ3) is 4.89. The summed E-state index contributed by atoms with van der Waals surface area (Å²) < 4.78 is 0. The van der Waals surface area contributed by atoms with Crippen LogP contribution in [0.1, 0.15) is 46.5 Å². The third-order valence-electron chi connectivity index (χ3n) is 3.52. The van der Waals surface area contributed by atoms with Crippen LogP contribution >= 0.6 is 11.8 Å². The summed E-state index contributed by atoms with van der Waals surface area (Å²) >= 11 is 1.66. The second kappa shape index (κ2) is 7.68. The van der Waals surface area contributed by atoms with E-state index in [1.165, 1.54) is 12.8 Å². The number of carbonyl (C=O) groups excluding carboxylic acids is 1. The van der Waals surface area contributed by atoms with Crippen molar-refractivity contribution < 1.29 is 4.79 Å². The highest BCUT2D eigenvalue weighted by Gasteiger charge is 2.30. The van der Waals surface area contributed by atoms with Crippen molar-refractivity contribution in [3.05, 3.63) is 0 Å². The Balaban J connectivity index is 2.42. The Bertz CT molecular complexity index is 311. The number of thioether (sulfide) groups is 1. The van der Waals surface area contributed by atoms with E-state index in [0.717, 1.165) is 18.8 Å². The topological polar surface area (TPSA) is 52.9 Å². The molecule has 0 aromatic heterocycles. The zero-order chi connectivity index (χ0) is 13.5. The van der Waals surface area contributed by atoms with Crippen LogP contribution in [0.3, 0.4) is 0 Å². The van der Waals surface area contributed by atoms with E-state index in [0.29, 0.717) is 11.0 Å². The Morgan fingerprint density at radius 2 is 2.22 bits per heavy atom. The second-order valence-corrected chi connectivity index (χ2v) is 6.62. The maximum Gasteiger partial charge on any atom is 0.230 e. The van der Waals surface area contributed by atoms with Gasteiger partial charge in [-0.15, -0.1) is 11.8 Å². The number of hydrogen-bond donors (Lipinski definition) is 1. The molecule has 18 heavy (non-hydrogen) atoms. The van der Waals surface area contributed by atoms with Gasteiger partial charge >= 0.3 is 0 Å². The van der Waals surface area contributed by atoms with Crippen molar-refractivity contribution in [3.8, 4) is 6.07 Å². The molecular weight excluding hydrogens is 244 g/mol. The standard InChI is InChI=1S/C14H24N2OS/c1-4-11-5-6-12(8-15)13(7-11)18-9-14(17)16-10(2)3/h10-13H,4-7,9H2,1-3H3,(H,16,17). The van der Waals surface area contributed by atoms with Crippen molar-refractivity contribution in [2.24, 2.45) is 11.8 Å². The van der Waals surface area contributed by atoms with Crippen LogP contribution in [-0.4, -0.2) is 23.0 Å². The van der Waals surface area contributed by atoms with Crippen molar-refractivity contribution in [2.45, 2.75) is 57.7 Å². The summed E-state index contributed by atoms with van der Waals surface area (Å²) in [4.78, 5) is 11.6. The van der Waals surface area contributed by atoms with Gasteiger partial charge in [0.2, 0.25) is 5.91 Å². The Hall–Kier alpha value is -0.690. The second-order valence-electron chi connectivity index (χ2n) is 5.39. The number of hydrogen-bond acceptors (Lipinski definition) is 3. The molecular formula is C14H24N2OS. The lowest BCUT2D eigenvalue weighted by Crippen LogP contribution is -2.33. The van der Waals surface area contributed by atoms with Crippen LogP contribution in [0, 0.1) is 23.2 Å². The molecule has 0 heterocycles. The van der Waals surface area contributed by atoms with Gasteiger partial charge in [-0.25, -0.2) is 0 Å². The molecule has 0 saturated heterocycles. The molecule has 1 saturated carbocycles. The molecule has 1 N–H and O–H groups in total. The lowest BCUT2D eigenvalue weighted by atomic mass is 9.81. The number of carbonyl (C=O) groups is 1. The minimum absolute atomic E-state index is 0.0883. The molecule has 3 unspecified atom stereocenters. The summed E-state index contributed by atoms with van der Waals surface area (Å²) in [6.07, 6.45) is 4.45. The van der Waals surface area contributed by atoms with Gasteiger partial charge in [0.05, 0.1) is 17.7 Å². The molecule has 1 fully saturated rings. The monoisotopic (exact) mass is 268 g/mol. The molecule has 0 aliphatic heterocycles. The molecule has 0 bridgehead atoms. The van der Waals surface area contributed by atoms with E-state index in [-0.39, 0.29) is 17.9 Å². The third-order valence-corrected chi connectivity index (χ3v) is 4.90. The molecule has 1 amide bonds. The molecule has 3 atom stereocenters. The predicted molar refractivity (Wildman–Crippen MR) is 76.3 cm³/mol. The molecule has 0 aromatic rings. The van der Waals surface area contributed by atoms with E-state index in [1.807, 2.05) is 13.8 Å². The van der Waals surface area contributed by atoms with Crippen LogP contribution in [0.25, 0.3) is 0 Å². The van der Waals surface area contributed by atoms with Crippen molar-refractivity contribution in [1.82, 2.24) is 5.32 Å². The highest BCUT2D eigenvalue weighted by atomic mass is 32.2. The average Bonchev–Trinajstić information content (AvgIpc) is 2.35. The van der Waals surface area contributed by atoms with Crippen LogP contribution in [-0.2, 0) is 4.79 Å². The van der Waals surface area contributed by atoms with Crippen molar-refractivity contribution in [1.29, 1.82) is 5.26 Å². The summed E-state index contributed by atoms with van der Waals surface area (Å²) in [6.45, 7) is 6.15. The minimum atomic E-state index is 0.0883. The summed E-state index contributed by atoms with van der Waals surface area (Å²) in [5.74, 6) is 1.44. The molecule has 1 aliphatic carbocycles. The molecule has 1 rings (SSSR count). The van der Waals surface area contributed by atoms with Crippen molar-refractivity contribution in [2.75, 3.05) is 5.75 Å². The Morgan fingerprint density at radius 3 is 2.78 bits per heavy atom. The number of nitriles is 1. The SMILES string of the molecule is CCC1CCC(C#N)C(SCC(=O)NC(C)C)C1. The van der Waals surface area contributed by atoms with Crippen LogP contribution < -0.4 is 5.32 Å². The van der Waals surface area contributed by atoms with Crippen molar-refractivity contribution in [3.63, 3.8) is 0 Å². The van der Waals surface area contributed by atoms with Crippen molar-refractivity contribution >= 4 is 17.7 Å². The highest BCUT2D eigenvalue weighted by Crippen LogP contribution is 2.37. The first-order valence-corrected chi connectivity index (χ1v) is 7.92. The number of rotatable bonds is 5. The molecule has 102 valence electrons. The molecule has 3 nitrogen and oxygen atoms in total. The zero-order valence-corrected chi connectivity index (χ0v) is 12.4. The van der Waals surface area contributed by atoms with Gasteiger partial charge in [0.1, 0.15) is 0 Å². The van der Waals surface area contributed by atoms with Gasteiger partial charge in [0.15, 0.2) is 0 Å². The number of nitrogens with zero attached hydrogens (tertiary/aromatic N) is 1. The fourth-order valence-electron chi connectivity index (χ4n) is 2.46. The van der Waals surface area contributed by atoms with E-state index in [4.69, 9.17) is 5.26 Å². The minimum Gasteiger partial charge on any atom is -0.353 e. The summed E-state index contributed by atoms with van der Waals surface area (Å²) in [7, 11) is 0. The van der Waals surface area contributed by atoms with Crippen LogP contribution in [0.15, 0.2) is 0 Å². The maximum absolute atomic E-state index is 11.6. The normalized spacial score (nSPS) is 27.8. The van der Waals surface area contributed by atoms with Crippen LogP contribution in [0.5, 0.6) is 0 Å². The predicted octanol–water partition coefficient (Wildman–Crippen LogP) is 2.96. The van der Waals surface area contributed by atoms with Crippen LogP contribution in [0.4, 0.5) is 0 Å². The van der Waals surface area contributed by atoms with Gasteiger partial charge in [0, 0.05) is 11.3 Å². The lowest BCUT2D eigenvalue weighted by Gasteiger charge is -2.31. The summed E-state index contributed by atoms with van der Waals surface area (Å²) in [5, 5.41) is 12.4. The Kier molecular flexibility index (Phi) is 6.56. The molecule has 4 heteroatoms. The first-order valence-electron chi connectivity index (χ1n) is 6.87. The highest BCUT2D eigenvalue weighted by molar-refractivity contribution is 8.00. The Morgan fingerprint density at radius 1 is 1.50 bits per heavy atom. The zero-order valence-electron chi connectivity index (χ0n) is 11.6. The lowest BCUT2D eigenvalue weighted by molar-refractivity contribution is -0.119. The van der Waals surface area contributed by atoms with E-state index in [2.05, 4.69) is 18.3 Å². The van der Waals surface area contributed by atoms with E-state index >= 15 is 0 Å². The van der Waals surface area contributed by atoms with E-state index in [9.17, 15) is 4.79 Å². The van der Waals surface area contributed by atoms with Gasteiger partial charge in [-0.05, 0) is 39.0 Å². The van der Waals surface area contributed by atoms with Gasteiger partial charge in [-0.1, -0.05) is 13.3 Å². The smallest absolute Gasteiger partial charge is 0.230 e. The summed E-state index contributed by atoms with van der Waals surface area (Å²) in [5.41, 5.74) is 0. The van der Waals surface area contributed by atoms with Gasteiger partial charge in [0.25, 0.3) is 0 Å². The maximum atomic E-state index is 11.6. The molecule has 0 spiro atoms. The fraction of sp³-hybridized carbons (Fsp3) is 0.857. The van der Waals surface area contributed by atoms with Crippen LogP contribution in [0.2, 0.25) is 0 Å². The summed E-state index contributed by atoms with van der Waals surface area (Å²) in [6, 6.07) is 2.60. The van der Waals surface area contributed by atoms with E-state index in [1.54, 1.807) is 11.8 Å². The van der Waals surface area contributed by atoms with Gasteiger partial charge in [-0.2, -0.15) is 5.26 Å². The molecule has 0 radical (unpaired) electrons. The molecule has 1 aliphatic rings. The van der Waals surface area contributed by atoms with Gasteiger partial charge in [-0.3, -0.25) is 4.79 Å². The molecule has 0 aromatic carbocycles.